The topological polar surface area (TPSA) is 310 Å². The maximum atomic E-state index is 15.6. The molecule has 0 unspecified atom stereocenters. The number of ketones is 1. The molecule has 1 spiro atoms. The van der Waals surface area contributed by atoms with Crippen LogP contribution in [0.5, 0.6) is 17.2 Å². The van der Waals surface area contributed by atoms with Crippen molar-refractivity contribution in [1.82, 2.24) is 14.8 Å². The number of Topliss-reactive ketones (excluding diaryl/α,β-unsaturated/α-hetero) is 1. The van der Waals surface area contributed by atoms with E-state index < -0.39 is 123 Å². The number of anilines is 3. The number of aromatic hydroxyl groups is 2. The number of nitrogens with one attached hydrogen (secondary N) is 2. The fourth-order valence-electron chi connectivity index (χ4n) is 13.3. The summed E-state index contributed by atoms with van der Waals surface area (Å²) in [5.41, 5.74) is 2.96. The van der Waals surface area contributed by atoms with Crippen molar-refractivity contribution in [2.45, 2.75) is 163 Å². The van der Waals surface area contributed by atoms with Gasteiger partial charge in [-0.05, 0) is 52.5 Å². The molecule has 1 amide bonds. The van der Waals surface area contributed by atoms with Crippen LogP contribution in [0.25, 0.3) is 21.7 Å². The monoisotopic (exact) mass is 1240 g/mol. The van der Waals surface area contributed by atoms with Gasteiger partial charge in [-0.1, -0.05) is 59.8 Å². The van der Waals surface area contributed by atoms with Gasteiger partial charge in [-0.25, -0.2) is 13.6 Å². The quantitative estimate of drug-likeness (QED) is 0.0534. The lowest BCUT2D eigenvalue weighted by Gasteiger charge is -2.38. The number of likely N-dealkylation sites (tertiary alicyclic amines) is 1. The number of piperazine rings is 1. The molecule has 89 heavy (non-hydrogen) atoms. The summed E-state index contributed by atoms with van der Waals surface area (Å²) in [6.45, 7) is 24.1. The Morgan fingerprint density at radius 2 is 1.53 bits per heavy atom. The standard InChI is InChI=1S/C46H62N4O11.C19H22F2N4O3/c1-22(2)21-50-18-16-46(17-19-50)48-34-31-32-39(54)28(8)42-33(31)43(56)45(10,61-42)59-20-15-30(58-11)25(5)41(60-29(9)51)27(7)38(53)26(6)37(52)23(3)13-12-14-24(4)44(57)47-36(40(32)55)35(34)49-46;1-8-5-24(6-9(2)23-8)17-13(20)15(22)12-16(14(17)21)25(10-3-4-10)7-11(18(12)26)19(27)28/h12-15,20,22-23,25-27,30,37-38,41,52-55H,16-19,21H2,1-11H3,(H,47,57);7-10,23H,3-6,22H2,1-2H3,(H,27,28)/b13-12+,20-15+,24-14-;/t23-,25+,26+,27+,30-,37-,38+,41+,45-;8-,9+/m0./s1. The zero-order valence-corrected chi connectivity index (χ0v) is 52.7. The van der Waals surface area contributed by atoms with E-state index in [-0.39, 0.29) is 84.7 Å². The second kappa shape index (κ2) is 25.4. The number of piperidine rings is 1. The van der Waals surface area contributed by atoms with Crippen LogP contribution in [-0.4, -0.2) is 146 Å². The van der Waals surface area contributed by atoms with Gasteiger partial charge in [0.05, 0.1) is 57.5 Å². The maximum Gasteiger partial charge on any atom is 0.341 e. The number of carbonyl (C=O) groups excluding carboxylic acids is 3. The normalized spacial score (nSPS) is 29.5. The molecule has 0 radical (unpaired) electrons. The van der Waals surface area contributed by atoms with Gasteiger partial charge < -0.3 is 75.2 Å². The highest BCUT2D eigenvalue weighted by Crippen LogP contribution is 2.50. The highest BCUT2D eigenvalue weighted by molar-refractivity contribution is 6.19. The number of pyridine rings is 1. The zero-order valence-electron chi connectivity index (χ0n) is 52.7. The fourth-order valence-corrected chi connectivity index (χ4v) is 13.3. The van der Waals surface area contributed by atoms with Crippen molar-refractivity contribution in [3.8, 4) is 17.2 Å². The number of halogens is 2. The van der Waals surface area contributed by atoms with E-state index >= 15 is 8.78 Å². The largest absolute Gasteiger partial charge is 0.507 e. The maximum absolute atomic E-state index is 15.6. The van der Waals surface area contributed by atoms with Gasteiger partial charge in [-0.15, -0.1) is 0 Å². The number of amides is 1. The number of hydrogen-bond acceptors (Lipinski definition) is 19. The van der Waals surface area contributed by atoms with Crippen LogP contribution in [0.3, 0.4) is 0 Å². The van der Waals surface area contributed by atoms with Crippen LogP contribution in [0.15, 0.2) is 57.1 Å². The number of aromatic carboxylic acids is 1. The Bertz CT molecular complexity index is 3790. The van der Waals surface area contributed by atoms with Gasteiger partial charge in [0.2, 0.25) is 5.43 Å². The first-order valence-electron chi connectivity index (χ1n) is 30.5. The molecule has 2 saturated heterocycles. The van der Waals surface area contributed by atoms with Crippen molar-refractivity contribution < 1.29 is 72.4 Å². The number of esters is 1. The molecule has 22 nitrogen and oxygen atoms in total. The van der Waals surface area contributed by atoms with Crippen LogP contribution in [0, 0.1) is 48.1 Å². The fraction of sp³-hybridized carbons (Fsp3) is 0.554. The second-order valence-corrected chi connectivity index (χ2v) is 25.8. The average Bonchev–Trinajstić information content (AvgIpc) is 1.70. The number of aliphatic hydroxyl groups is 2. The van der Waals surface area contributed by atoms with Crippen molar-refractivity contribution in [2.75, 3.05) is 55.8 Å². The minimum Gasteiger partial charge on any atom is -0.507 e. The number of aliphatic hydroxyl groups excluding tert-OH is 2. The third-order valence-corrected chi connectivity index (χ3v) is 18.3. The molecule has 1 aromatic heterocycles. The SMILES string of the molecule is CO[C@H]1/C=C/O[C@@]2(C)Oc3c(C)c(O)c4c(O)c(c5c(c4c3C2=O)=NC2(CCN(CC(C)C)CC2)N=5)NC(=O)/C(C)=C\C=C\[C@H](C)[C@H](O)[C@@H](C)[C@@H](O)[C@@H](C)[C@H](OC(C)=O)[C@@H]1C.C[C@@H]1CN(c2c(F)c(N)c3c(=O)c(C(=O)O)cn(C4CC4)c3c2F)C[C@H](C)N1. The molecule has 4 aromatic rings. The van der Waals surface area contributed by atoms with E-state index in [1.54, 1.807) is 70.7 Å². The molecule has 11 atom stereocenters. The number of phenols is 2. The van der Waals surface area contributed by atoms with Gasteiger partial charge in [0.15, 0.2) is 23.0 Å². The molecule has 6 aliphatic rings. The predicted molar refractivity (Wildman–Crippen MR) is 330 cm³/mol. The van der Waals surface area contributed by atoms with Crippen molar-refractivity contribution in [3.05, 3.63) is 91.6 Å². The van der Waals surface area contributed by atoms with E-state index in [2.05, 4.69) is 29.4 Å². The molecule has 482 valence electrons. The van der Waals surface area contributed by atoms with E-state index in [4.69, 9.17) is 34.7 Å². The number of nitrogen functional groups attached to an aromatic ring is 1. The zero-order chi connectivity index (χ0) is 65.2. The van der Waals surface area contributed by atoms with Crippen LogP contribution in [0.2, 0.25) is 0 Å². The van der Waals surface area contributed by atoms with Gasteiger partial charge in [0, 0.05) is 131 Å². The van der Waals surface area contributed by atoms with Crippen LogP contribution >= 0.6 is 0 Å². The second-order valence-electron chi connectivity index (χ2n) is 25.8. The number of methoxy groups -OCH3 is 1. The number of rotatable bonds is 7. The van der Waals surface area contributed by atoms with Gasteiger partial charge in [-0.2, -0.15) is 0 Å². The molecule has 24 heteroatoms. The van der Waals surface area contributed by atoms with Crippen molar-refractivity contribution >= 4 is 62.4 Å². The first kappa shape index (κ1) is 65.9. The van der Waals surface area contributed by atoms with E-state index in [1.165, 1.54) is 31.8 Å². The molecule has 3 fully saturated rings. The smallest absolute Gasteiger partial charge is 0.341 e. The predicted octanol–water partition coefficient (Wildman–Crippen LogP) is 6.83. The lowest BCUT2D eigenvalue weighted by atomic mass is 9.78. The third-order valence-electron chi connectivity index (χ3n) is 18.3. The van der Waals surface area contributed by atoms with Crippen LogP contribution in [0.1, 0.15) is 134 Å². The summed E-state index contributed by atoms with van der Waals surface area (Å²) >= 11 is 0. The first-order valence-corrected chi connectivity index (χ1v) is 30.5. The van der Waals surface area contributed by atoms with E-state index in [0.717, 1.165) is 25.6 Å². The summed E-state index contributed by atoms with van der Waals surface area (Å²) in [7, 11) is 1.47. The number of ether oxygens (including phenoxy) is 4. The van der Waals surface area contributed by atoms with Crippen LogP contribution in [-0.2, 0) is 23.8 Å². The van der Waals surface area contributed by atoms with Gasteiger partial charge in [0.25, 0.3) is 11.7 Å². The number of hydrogen-bond donors (Lipinski definition) is 8. The summed E-state index contributed by atoms with van der Waals surface area (Å²) in [6.07, 6.45) is 7.64. The number of fused-ring (bicyclic) bond motifs is 2. The summed E-state index contributed by atoms with van der Waals surface area (Å²) in [4.78, 5) is 79.4. The summed E-state index contributed by atoms with van der Waals surface area (Å²) < 4.78 is 56.2. The van der Waals surface area contributed by atoms with Gasteiger partial charge in [0.1, 0.15) is 39.9 Å². The number of nitrogens with two attached hydrogens (primary N) is 1. The Hall–Kier alpha value is -7.51. The molecule has 1 saturated carbocycles. The Kier molecular flexibility index (Phi) is 18.8. The number of aromatic nitrogens is 1. The number of carbonyl (C=O) groups is 4. The van der Waals surface area contributed by atoms with Crippen LogP contribution in [0.4, 0.5) is 25.8 Å². The lowest BCUT2D eigenvalue weighted by molar-refractivity contribution is -0.160. The summed E-state index contributed by atoms with van der Waals surface area (Å²) in [6, 6.07) is -0.103. The van der Waals surface area contributed by atoms with Crippen LogP contribution < -0.4 is 42.1 Å². The third kappa shape index (κ3) is 12.5. The van der Waals surface area contributed by atoms with E-state index in [0.29, 0.717) is 44.9 Å². The number of carboxylic acid groups (broad SMARTS) is 1. The Balaban J connectivity index is 0.000000278. The van der Waals surface area contributed by atoms with E-state index in [1.807, 2.05) is 13.8 Å². The Morgan fingerprint density at radius 1 is 0.888 bits per heavy atom. The number of phenolic OH excluding ortho intramolecular Hbond substituents is 2. The van der Waals surface area contributed by atoms with Crippen molar-refractivity contribution in [2.24, 2.45) is 39.6 Å². The van der Waals surface area contributed by atoms with Crippen molar-refractivity contribution in [3.63, 3.8) is 0 Å². The molecule has 1 aliphatic carbocycles. The van der Waals surface area contributed by atoms with Crippen molar-refractivity contribution in [1.29, 1.82) is 0 Å². The molecular weight excluding hydrogens is 1150 g/mol. The first-order chi connectivity index (χ1) is 41.8. The molecule has 6 heterocycles. The summed E-state index contributed by atoms with van der Waals surface area (Å²) in [5.74, 6) is -9.78. The Labute approximate surface area is 514 Å². The van der Waals surface area contributed by atoms with E-state index in [9.17, 15) is 49.5 Å². The van der Waals surface area contributed by atoms with Gasteiger partial charge in [-0.3, -0.25) is 29.2 Å². The Morgan fingerprint density at radius 3 is 2.12 bits per heavy atom. The lowest BCUT2D eigenvalue weighted by Crippen LogP contribution is -2.54. The molecular formula is C65H84F2N8O14. The number of nitrogens with zero attached hydrogens (tertiary/aromatic N) is 5. The molecule has 3 aromatic carbocycles. The molecule has 5 aliphatic heterocycles. The highest BCUT2D eigenvalue weighted by atomic mass is 19.1. The average molecular weight is 1240 g/mol. The molecule has 10 rings (SSSR count). The minimum absolute atomic E-state index is 0.0134. The number of allylic oxidation sites excluding steroid dienone is 2. The highest BCUT2D eigenvalue weighted by Gasteiger charge is 2.50. The number of carboxylic acids is 1. The molecule has 4 bridgehead atoms. The minimum atomic E-state index is -1.96. The van der Waals surface area contributed by atoms with Gasteiger partial charge >= 0.3 is 17.7 Å². The number of benzene rings is 3. The molecule has 9 N–H and O–H groups in total. The summed E-state index contributed by atoms with van der Waals surface area (Å²) in [5, 5.41) is 62.4.